The maximum Gasteiger partial charge on any atom is 0.322 e. The molecule has 3 amide bonds. The lowest BCUT2D eigenvalue weighted by Gasteiger charge is -2.11. The Labute approximate surface area is 164 Å². The first-order valence-electron chi connectivity index (χ1n) is 7.58. The fraction of sp³-hybridized carbons (Fsp3) is 0.125. The summed E-state index contributed by atoms with van der Waals surface area (Å²) in [6.07, 6.45) is 0. The van der Waals surface area contributed by atoms with Crippen LogP contribution in [0.4, 0.5) is 4.79 Å². The Hall–Kier alpha value is -2.33. The molecule has 1 fully saturated rings. The molecule has 2 aromatic carbocycles. The molecule has 0 saturated carbocycles. The van der Waals surface area contributed by atoms with E-state index >= 15 is 0 Å². The van der Waals surface area contributed by atoms with Crippen LogP contribution >= 0.6 is 23.2 Å². The van der Waals surface area contributed by atoms with E-state index in [-0.39, 0.29) is 11.4 Å². The van der Waals surface area contributed by atoms with Gasteiger partial charge in [-0.1, -0.05) is 23.2 Å². The van der Waals surface area contributed by atoms with Crippen molar-refractivity contribution in [2.45, 2.75) is 10.9 Å². The van der Waals surface area contributed by atoms with E-state index in [2.05, 4.69) is 10.0 Å². The largest absolute Gasteiger partial charge is 0.457 e. The molecular weight excluding hydrogens is 417 g/mol. The van der Waals surface area contributed by atoms with E-state index in [9.17, 15) is 18.0 Å². The van der Waals surface area contributed by atoms with Crippen molar-refractivity contribution in [2.75, 3.05) is 6.54 Å². The van der Waals surface area contributed by atoms with Crippen LogP contribution in [0.5, 0.6) is 11.5 Å². The molecule has 1 unspecified atom stereocenters. The first-order chi connectivity index (χ1) is 12.7. The number of nitrogens with one attached hydrogen (secondary N) is 3. The van der Waals surface area contributed by atoms with E-state index in [1.807, 2.05) is 5.32 Å². The van der Waals surface area contributed by atoms with Crippen molar-refractivity contribution in [1.82, 2.24) is 15.4 Å². The Morgan fingerprint density at radius 1 is 1.00 bits per heavy atom. The average molecular weight is 430 g/mol. The number of imide groups is 1. The Kier molecular flexibility index (Phi) is 5.56. The van der Waals surface area contributed by atoms with Crippen molar-refractivity contribution in [1.29, 1.82) is 0 Å². The lowest BCUT2D eigenvalue weighted by atomic mass is 10.3. The van der Waals surface area contributed by atoms with Crippen molar-refractivity contribution in [2.24, 2.45) is 0 Å². The third kappa shape index (κ3) is 4.69. The highest BCUT2D eigenvalue weighted by atomic mass is 35.5. The summed E-state index contributed by atoms with van der Waals surface area (Å²) in [5.74, 6) is 0.254. The molecule has 0 radical (unpaired) electrons. The zero-order valence-electron chi connectivity index (χ0n) is 13.5. The quantitative estimate of drug-likeness (QED) is 0.609. The zero-order valence-corrected chi connectivity index (χ0v) is 15.9. The number of halogens is 2. The monoisotopic (exact) mass is 429 g/mol. The van der Waals surface area contributed by atoms with Crippen LogP contribution in [0.2, 0.25) is 10.0 Å². The van der Waals surface area contributed by atoms with E-state index in [1.54, 1.807) is 12.1 Å². The maximum atomic E-state index is 12.3. The van der Waals surface area contributed by atoms with E-state index in [1.165, 1.54) is 30.3 Å². The predicted molar refractivity (Wildman–Crippen MR) is 98.6 cm³/mol. The molecule has 0 spiro atoms. The molecule has 0 aliphatic carbocycles. The smallest absolute Gasteiger partial charge is 0.322 e. The summed E-state index contributed by atoms with van der Waals surface area (Å²) in [5, 5.41) is 5.05. The molecule has 0 bridgehead atoms. The highest BCUT2D eigenvalue weighted by Gasteiger charge is 2.30. The summed E-state index contributed by atoms with van der Waals surface area (Å²) in [5.41, 5.74) is 0. The molecule has 1 heterocycles. The van der Waals surface area contributed by atoms with Gasteiger partial charge in [-0.2, -0.15) is 0 Å². The summed E-state index contributed by atoms with van der Waals surface area (Å²) in [6, 6.07) is 8.78. The minimum atomic E-state index is -3.87. The predicted octanol–water partition coefficient (Wildman–Crippen LogP) is 2.27. The molecule has 1 atom stereocenters. The second-order valence-electron chi connectivity index (χ2n) is 5.52. The van der Waals surface area contributed by atoms with Crippen LogP contribution < -0.4 is 20.1 Å². The number of ether oxygens (including phenoxy) is 1. The Bertz CT molecular complexity index is 996. The summed E-state index contributed by atoms with van der Waals surface area (Å²) in [6.45, 7) is -0.262. The van der Waals surface area contributed by atoms with Gasteiger partial charge in [-0.3, -0.25) is 10.1 Å². The van der Waals surface area contributed by atoms with Crippen molar-refractivity contribution in [3.63, 3.8) is 0 Å². The fourth-order valence-electron chi connectivity index (χ4n) is 2.24. The van der Waals surface area contributed by atoms with Gasteiger partial charge in [0, 0.05) is 12.6 Å². The summed E-state index contributed by atoms with van der Waals surface area (Å²) >= 11 is 11.8. The van der Waals surface area contributed by atoms with Crippen molar-refractivity contribution >= 4 is 45.2 Å². The number of urea groups is 1. The third-order valence-electron chi connectivity index (χ3n) is 3.60. The number of hydrogen-bond acceptors (Lipinski definition) is 5. The SMILES string of the molecule is O=C1NC(=O)C(CNS(=O)(=O)c2ccc(Oc3ccc(Cl)c(Cl)c3)cc2)N1. The topological polar surface area (TPSA) is 114 Å². The molecule has 3 N–H and O–H groups in total. The zero-order chi connectivity index (χ0) is 19.6. The molecule has 8 nitrogen and oxygen atoms in total. The first-order valence-corrected chi connectivity index (χ1v) is 9.82. The van der Waals surface area contributed by atoms with Crippen LogP contribution in [0.3, 0.4) is 0 Å². The molecular formula is C16H13Cl2N3O5S. The number of amides is 3. The number of benzene rings is 2. The van der Waals surface area contributed by atoms with Crippen LogP contribution in [0.25, 0.3) is 0 Å². The van der Waals surface area contributed by atoms with Crippen molar-refractivity contribution in [3.05, 3.63) is 52.5 Å². The summed E-state index contributed by atoms with van der Waals surface area (Å²) in [4.78, 5) is 22.5. The highest BCUT2D eigenvalue weighted by molar-refractivity contribution is 7.89. The van der Waals surface area contributed by atoms with Crippen LogP contribution in [-0.4, -0.2) is 32.9 Å². The normalized spacial score (nSPS) is 16.7. The minimum Gasteiger partial charge on any atom is -0.457 e. The van der Waals surface area contributed by atoms with E-state index in [0.29, 0.717) is 21.5 Å². The number of rotatable bonds is 6. The van der Waals surface area contributed by atoms with Gasteiger partial charge < -0.3 is 10.1 Å². The van der Waals surface area contributed by atoms with E-state index in [0.717, 1.165) is 0 Å². The molecule has 27 heavy (non-hydrogen) atoms. The molecule has 1 saturated heterocycles. The van der Waals surface area contributed by atoms with E-state index in [4.69, 9.17) is 27.9 Å². The Balaban J connectivity index is 1.65. The molecule has 3 rings (SSSR count). The molecule has 0 aromatic heterocycles. The molecule has 142 valence electrons. The van der Waals surface area contributed by atoms with Gasteiger partial charge >= 0.3 is 6.03 Å². The minimum absolute atomic E-state index is 0.0197. The summed E-state index contributed by atoms with van der Waals surface area (Å²) < 4.78 is 32.5. The van der Waals surface area contributed by atoms with Gasteiger partial charge in [0.05, 0.1) is 14.9 Å². The first kappa shape index (κ1) is 19.4. The average Bonchev–Trinajstić information content (AvgIpc) is 2.94. The second kappa shape index (κ2) is 7.73. The molecule has 1 aliphatic heterocycles. The van der Waals surface area contributed by atoms with Gasteiger partial charge in [0.15, 0.2) is 0 Å². The van der Waals surface area contributed by atoms with Crippen molar-refractivity contribution < 1.29 is 22.7 Å². The van der Waals surface area contributed by atoms with E-state index < -0.39 is 28.0 Å². The molecule has 1 aliphatic rings. The van der Waals surface area contributed by atoms with Gasteiger partial charge in [-0.05, 0) is 36.4 Å². The molecule has 11 heteroatoms. The van der Waals surface area contributed by atoms with Gasteiger partial charge in [-0.25, -0.2) is 17.9 Å². The number of carbonyl (C=O) groups excluding carboxylic acids is 2. The number of hydrogen-bond donors (Lipinski definition) is 3. The number of carbonyl (C=O) groups is 2. The van der Waals surface area contributed by atoms with Crippen LogP contribution in [-0.2, 0) is 14.8 Å². The Morgan fingerprint density at radius 3 is 2.26 bits per heavy atom. The summed E-state index contributed by atoms with van der Waals surface area (Å²) in [7, 11) is -3.87. The highest BCUT2D eigenvalue weighted by Crippen LogP contribution is 2.29. The third-order valence-corrected chi connectivity index (χ3v) is 5.78. The van der Waals surface area contributed by atoms with Crippen molar-refractivity contribution in [3.8, 4) is 11.5 Å². The standard InChI is InChI=1S/C16H13Cl2N3O5S/c17-12-6-3-10(7-13(12)18)26-9-1-4-11(5-2-9)27(24,25)19-8-14-15(22)21-16(23)20-14/h1-7,14,19H,8H2,(H2,20,21,22,23). The lowest BCUT2D eigenvalue weighted by molar-refractivity contribution is -0.120. The van der Waals surface area contributed by atoms with Crippen LogP contribution in [0.1, 0.15) is 0 Å². The molecule has 2 aromatic rings. The van der Waals surface area contributed by atoms with Gasteiger partial charge in [0.25, 0.3) is 5.91 Å². The van der Waals surface area contributed by atoms with Gasteiger partial charge in [0.1, 0.15) is 17.5 Å². The Morgan fingerprint density at radius 2 is 1.67 bits per heavy atom. The van der Waals surface area contributed by atoms with Crippen LogP contribution in [0.15, 0.2) is 47.4 Å². The van der Waals surface area contributed by atoms with Gasteiger partial charge in [0.2, 0.25) is 10.0 Å². The van der Waals surface area contributed by atoms with Crippen LogP contribution in [0, 0.1) is 0 Å². The lowest BCUT2D eigenvalue weighted by Crippen LogP contribution is -2.41. The maximum absolute atomic E-state index is 12.3. The number of sulfonamides is 1. The fourth-order valence-corrected chi connectivity index (χ4v) is 3.58. The van der Waals surface area contributed by atoms with Gasteiger partial charge in [-0.15, -0.1) is 0 Å². The second-order valence-corrected chi connectivity index (χ2v) is 8.10.